The van der Waals surface area contributed by atoms with Crippen molar-refractivity contribution in [3.8, 4) is 0 Å². The number of ether oxygens (including phenoxy) is 1. The largest absolute Gasteiger partial charge is 0.384 e. The molecular formula is C15H25Cl2N3O2. The van der Waals surface area contributed by atoms with Crippen LogP contribution in [0.25, 0.3) is 0 Å². The van der Waals surface area contributed by atoms with E-state index in [2.05, 4.69) is 10.3 Å². The van der Waals surface area contributed by atoms with Crippen molar-refractivity contribution in [3.05, 3.63) is 30.1 Å². The summed E-state index contributed by atoms with van der Waals surface area (Å²) < 4.78 is 5.32. The van der Waals surface area contributed by atoms with Crippen molar-refractivity contribution >= 4 is 30.7 Å². The topological polar surface area (TPSA) is 54.5 Å². The van der Waals surface area contributed by atoms with Crippen LogP contribution in [0.2, 0.25) is 0 Å². The van der Waals surface area contributed by atoms with Crippen LogP contribution in [0.1, 0.15) is 18.4 Å². The van der Waals surface area contributed by atoms with Crippen molar-refractivity contribution in [2.45, 2.75) is 19.4 Å². The molecule has 1 aliphatic heterocycles. The second kappa shape index (κ2) is 10.0. The van der Waals surface area contributed by atoms with Gasteiger partial charge < -0.3 is 15.0 Å². The van der Waals surface area contributed by atoms with Crippen LogP contribution in [-0.2, 0) is 16.1 Å². The molecule has 126 valence electrons. The van der Waals surface area contributed by atoms with Gasteiger partial charge in [0.15, 0.2) is 0 Å². The first-order valence-electron chi connectivity index (χ1n) is 7.02. The van der Waals surface area contributed by atoms with E-state index in [4.69, 9.17) is 4.74 Å². The van der Waals surface area contributed by atoms with Gasteiger partial charge >= 0.3 is 0 Å². The van der Waals surface area contributed by atoms with Gasteiger partial charge in [0.05, 0.1) is 12.0 Å². The minimum absolute atomic E-state index is 0. The summed E-state index contributed by atoms with van der Waals surface area (Å²) in [5.41, 5.74) is 0.668. The third-order valence-electron chi connectivity index (χ3n) is 3.92. The molecule has 0 atom stereocenters. The molecule has 2 heterocycles. The second-order valence-corrected chi connectivity index (χ2v) is 5.49. The lowest BCUT2D eigenvalue weighted by molar-refractivity contribution is -0.146. The number of carbonyl (C=O) groups excluding carboxylic acids is 1. The van der Waals surface area contributed by atoms with Gasteiger partial charge in [-0.05, 0) is 37.6 Å². The van der Waals surface area contributed by atoms with Gasteiger partial charge in [-0.2, -0.15) is 0 Å². The van der Waals surface area contributed by atoms with E-state index in [1.165, 1.54) is 0 Å². The van der Waals surface area contributed by atoms with Crippen LogP contribution in [0.4, 0.5) is 0 Å². The third kappa shape index (κ3) is 5.09. The van der Waals surface area contributed by atoms with Gasteiger partial charge in [-0.25, -0.2) is 0 Å². The van der Waals surface area contributed by atoms with Gasteiger partial charge in [-0.1, -0.05) is 6.07 Å². The number of amides is 1. The molecule has 0 spiro atoms. The Hall–Kier alpha value is -0.880. The molecule has 1 aromatic heterocycles. The Morgan fingerprint density at radius 2 is 2.09 bits per heavy atom. The number of hydrogen-bond acceptors (Lipinski definition) is 4. The van der Waals surface area contributed by atoms with Crippen LogP contribution >= 0.6 is 24.8 Å². The molecule has 1 N–H and O–H groups in total. The minimum Gasteiger partial charge on any atom is -0.384 e. The molecule has 1 amide bonds. The number of rotatable bonds is 5. The lowest BCUT2D eigenvalue weighted by Gasteiger charge is -2.38. The van der Waals surface area contributed by atoms with Crippen LogP contribution in [0.5, 0.6) is 0 Å². The third-order valence-corrected chi connectivity index (χ3v) is 3.92. The zero-order chi connectivity index (χ0) is 14.4. The monoisotopic (exact) mass is 349 g/mol. The number of aromatic nitrogens is 1. The molecule has 0 bridgehead atoms. The first-order chi connectivity index (χ1) is 9.68. The molecular weight excluding hydrogens is 325 g/mol. The fourth-order valence-electron chi connectivity index (χ4n) is 2.84. The highest BCUT2D eigenvalue weighted by atomic mass is 35.5. The van der Waals surface area contributed by atoms with Crippen molar-refractivity contribution < 1.29 is 9.53 Å². The van der Waals surface area contributed by atoms with E-state index >= 15 is 0 Å². The number of piperidine rings is 1. The molecule has 0 unspecified atom stereocenters. The van der Waals surface area contributed by atoms with Crippen LogP contribution in [-0.4, -0.2) is 49.6 Å². The Morgan fingerprint density at radius 1 is 1.41 bits per heavy atom. The normalized spacial score (nSPS) is 16.1. The number of halogens is 2. The number of nitrogens with one attached hydrogen (secondary N) is 1. The van der Waals surface area contributed by atoms with Gasteiger partial charge in [-0.3, -0.25) is 9.78 Å². The predicted octanol–water partition coefficient (Wildman–Crippen LogP) is 1.90. The molecule has 0 aliphatic carbocycles. The van der Waals surface area contributed by atoms with Crippen molar-refractivity contribution in [2.24, 2.45) is 5.41 Å². The number of methoxy groups -OCH3 is 1. The van der Waals surface area contributed by atoms with Gasteiger partial charge in [-0.15, -0.1) is 24.8 Å². The van der Waals surface area contributed by atoms with E-state index in [9.17, 15) is 4.79 Å². The van der Waals surface area contributed by atoms with Gasteiger partial charge in [0.25, 0.3) is 0 Å². The van der Waals surface area contributed by atoms with Crippen molar-refractivity contribution in [3.63, 3.8) is 0 Å². The fraction of sp³-hybridized carbons (Fsp3) is 0.600. The standard InChI is InChI=1S/C15H23N3O2.2ClH/c1-18(11-13-4-3-7-17-10-13)14(19)15(12-20-2)5-8-16-9-6-15;;/h3-4,7,10,16H,5-6,8-9,11-12H2,1-2H3;2*1H. The summed E-state index contributed by atoms with van der Waals surface area (Å²) in [6.45, 7) is 2.82. The maximum Gasteiger partial charge on any atom is 0.231 e. The Labute approximate surface area is 144 Å². The SMILES string of the molecule is COCC1(C(=O)N(C)Cc2cccnc2)CCNCC1.Cl.Cl. The van der Waals surface area contributed by atoms with Crippen LogP contribution < -0.4 is 5.32 Å². The quantitative estimate of drug-likeness (QED) is 0.881. The molecule has 0 saturated carbocycles. The average molecular weight is 350 g/mol. The van der Waals surface area contributed by atoms with E-state index in [1.54, 1.807) is 24.4 Å². The Bertz CT molecular complexity index is 434. The van der Waals surface area contributed by atoms with Gasteiger partial charge in [0.1, 0.15) is 0 Å². The maximum atomic E-state index is 12.8. The van der Waals surface area contributed by atoms with Crippen molar-refractivity contribution in [2.75, 3.05) is 33.9 Å². The summed E-state index contributed by atoms with van der Waals surface area (Å²) in [7, 11) is 3.52. The molecule has 1 aromatic rings. The van der Waals surface area contributed by atoms with E-state index in [-0.39, 0.29) is 36.1 Å². The van der Waals surface area contributed by atoms with Crippen molar-refractivity contribution in [1.82, 2.24) is 15.2 Å². The highest BCUT2D eigenvalue weighted by Crippen LogP contribution is 2.31. The lowest BCUT2D eigenvalue weighted by atomic mass is 9.78. The second-order valence-electron chi connectivity index (χ2n) is 5.49. The van der Waals surface area contributed by atoms with Crippen molar-refractivity contribution in [1.29, 1.82) is 0 Å². The summed E-state index contributed by atoms with van der Waals surface area (Å²) in [4.78, 5) is 18.7. The summed E-state index contributed by atoms with van der Waals surface area (Å²) in [5.74, 6) is 0.171. The molecule has 0 radical (unpaired) electrons. The smallest absolute Gasteiger partial charge is 0.231 e. The summed E-state index contributed by atoms with van der Waals surface area (Å²) in [6.07, 6.45) is 5.20. The van der Waals surface area contributed by atoms with E-state index in [0.29, 0.717) is 13.2 Å². The molecule has 5 nitrogen and oxygen atoms in total. The summed E-state index contributed by atoms with van der Waals surface area (Å²) >= 11 is 0. The van der Waals surface area contributed by atoms with Crippen LogP contribution in [0.3, 0.4) is 0 Å². The van der Waals surface area contributed by atoms with Crippen LogP contribution in [0, 0.1) is 5.41 Å². The van der Waals surface area contributed by atoms with E-state index in [1.807, 2.05) is 19.2 Å². The zero-order valence-corrected chi connectivity index (χ0v) is 14.7. The van der Waals surface area contributed by atoms with Crippen LogP contribution in [0.15, 0.2) is 24.5 Å². The summed E-state index contributed by atoms with van der Waals surface area (Å²) in [5, 5.41) is 3.31. The Kier molecular flexibility index (Phi) is 9.60. The number of nitrogens with zero attached hydrogens (tertiary/aromatic N) is 2. The maximum absolute atomic E-state index is 12.8. The number of hydrogen-bond donors (Lipinski definition) is 1. The minimum atomic E-state index is -0.378. The van der Waals surface area contributed by atoms with Gasteiger partial charge in [0.2, 0.25) is 5.91 Å². The van der Waals surface area contributed by atoms with E-state index < -0.39 is 0 Å². The molecule has 0 aromatic carbocycles. The Morgan fingerprint density at radius 3 is 2.64 bits per heavy atom. The summed E-state index contributed by atoms with van der Waals surface area (Å²) in [6, 6.07) is 3.88. The fourth-order valence-corrected chi connectivity index (χ4v) is 2.84. The molecule has 7 heteroatoms. The molecule has 1 aliphatic rings. The Balaban J connectivity index is 0.00000220. The first-order valence-corrected chi connectivity index (χ1v) is 7.02. The first kappa shape index (κ1) is 21.1. The highest BCUT2D eigenvalue weighted by molar-refractivity contribution is 5.85. The molecule has 2 rings (SSSR count). The number of carbonyl (C=O) groups is 1. The molecule has 1 fully saturated rings. The zero-order valence-electron chi connectivity index (χ0n) is 13.1. The average Bonchev–Trinajstić information content (AvgIpc) is 2.48. The molecule has 22 heavy (non-hydrogen) atoms. The lowest BCUT2D eigenvalue weighted by Crippen LogP contribution is -2.50. The predicted molar refractivity (Wildman–Crippen MR) is 91.6 cm³/mol. The number of pyridine rings is 1. The highest BCUT2D eigenvalue weighted by Gasteiger charge is 2.41. The molecule has 1 saturated heterocycles. The van der Waals surface area contributed by atoms with Gasteiger partial charge in [0, 0.05) is 33.1 Å². The van der Waals surface area contributed by atoms with E-state index in [0.717, 1.165) is 31.5 Å².